The molecule has 0 unspecified atom stereocenters. The van der Waals surface area contributed by atoms with Crippen molar-refractivity contribution < 1.29 is 14.3 Å². The van der Waals surface area contributed by atoms with Crippen LogP contribution in [0, 0.1) is 6.92 Å². The number of rotatable bonds is 4. The molecule has 6 heteroatoms. The van der Waals surface area contributed by atoms with Gasteiger partial charge < -0.3 is 14.7 Å². The molecule has 0 bridgehead atoms. The molecule has 5 nitrogen and oxygen atoms in total. The number of para-hydroxylation sites is 1. The summed E-state index contributed by atoms with van der Waals surface area (Å²) in [5.41, 5.74) is 3.46. The van der Waals surface area contributed by atoms with Gasteiger partial charge in [-0.15, -0.1) is 0 Å². The summed E-state index contributed by atoms with van der Waals surface area (Å²) in [6.07, 6.45) is 1.60. The smallest absolute Gasteiger partial charge is 0.340 e. The van der Waals surface area contributed by atoms with E-state index in [1.165, 1.54) is 0 Å². The van der Waals surface area contributed by atoms with E-state index in [2.05, 4.69) is 25.9 Å². The van der Waals surface area contributed by atoms with Gasteiger partial charge in [0.2, 0.25) is 5.78 Å². The Morgan fingerprint density at radius 3 is 2.73 bits per heavy atom. The third-order valence-electron chi connectivity index (χ3n) is 4.37. The Hall–Kier alpha value is -2.86. The number of carbonyl (C=O) groups is 2. The molecule has 0 amide bonds. The first-order valence-electron chi connectivity index (χ1n) is 8.09. The molecule has 2 aromatic carbocycles. The molecule has 0 aliphatic carbocycles. The summed E-state index contributed by atoms with van der Waals surface area (Å²) in [5.74, 6) is -0.755. The van der Waals surface area contributed by atoms with Crippen molar-refractivity contribution in [3.05, 3.63) is 70.0 Å². The van der Waals surface area contributed by atoms with Gasteiger partial charge in [0.1, 0.15) is 0 Å². The number of nitrogens with one attached hydrogen (secondary N) is 2. The quantitative estimate of drug-likeness (QED) is 0.376. The molecular weight excluding hydrogens is 396 g/mol. The zero-order chi connectivity index (χ0) is 18.3. The Bertz CT molecular complexity index is 1160. The monoisotopic (exact) mass is 410 g/mol. The van der Waals surface area contributed by atoms with Crippen molar-refractivity contribution in [3.8, 4) is 0 Å². The van der Waals surface area contributed by atoms with Crippen LogP contribution in [0.2, 0.25) is 0 Å². The normalized spacial score (nSPS) is 11.2. The predicted molar refractivity (Wildman–Crippen MR) is 104 cm³/mol. The number of H-pyrrole nitrogens is 2. The summed E-state index contributed by atoms with van der Waals surface area (Å²) in [7, 11) is 0. The molecule has 0 atom stereocenters. The Kier molecular flexibility index (Phi) is 4.12. The molecule has 4 aromatic rings. The minimum absolute atomic E-state index is 0.227. The largest absolute Gasteiger partial charge is 0.454 e. The van der Waals surface area contributed by atoms with Crippen molar-refractivity contribution in [1.29, 1.82) is 0 Å². The van der Waals surface area contributed by atoms with E-state index in [1.54, 1.807) is 6.20 Å². The van der Waals surface area contributed by atoms with Crippen LogP contribution in [0.4, 0.5) is 0 Å². The van der Waals surface area contributed by atoms with E-state index in [4.69, 9.17) is 4.74 Å². The summed E-state index contributed by atoms with van der Waals surface area (Å²) >= 11 is 3.40. The van der Waals surface area contributed by atoms with Gasteiger partial charge >= 0.3 is 5.97 Å². The average molecular weight is 411 g/mol. The number of aromatic amines is 2. The van der Waals surface area contributed by atoms with Crippen LogP contribution < -0.4 is 0 Å². The maximum absolute atomic E-state index is 12.6. The SMILES string of the molecule is Cc1[nH]c2ccccc2c1C(=O)COC(=O)c1c[nH]c2ccc(Br)cc12. The fourth-order valence-corrected chi connectivity index (χ4v) is 3.54. The molecule has 2 aromatic heterocycles. The van der Waals surface area contributed by atoms with E-state index in [1.807, 2.05) is 49.4 Å². The molecule has 26 heavy (non-hydrogen) atoms. The second kappa shape index (κ2) is 6.46. The molecule has 4 rings (SSSR count). The zero-order valence-corrected chi connectivity index (χ0v) is 15.5. The van der Waals surface area contributed by atoms with E-state index in [-0.39, 0.29) is 12.4 Å². The van der Waals surface area contributed by atoms with Crippen LogP contribution in [0.5, 0.6) is 0 Å². The van der Waals surface area contributed by atoms with Crippen molar-refractivity contribution in [2.24, 2.45) is 0 Å². The third kappa shape index (κ3) is 2.82. The minimum Gasteiger partial charge on any atom is -0.454 e. The Labute approximate surface area is 157 Å². The molecule has 0 radical (unpaired) electrons. The summed E-state index contributed by atoms with van der Waals surface area (Å²) in [4.78, 5) is 31.3. The van der Waals surface area contributed by atoms with E-state index in [0.29, 0.717) is 11.1 Å². The Morgan fingerprint density at radius 1 is 1.08 bits per heavy atom. The van der Waals surface area contributed by atoms with Gasteiger partial charge in [0, 0.05) is 43.7 Å². The molecule has 0 fully saturated rings. The van der Waals surface area contributed by atoms with Crippen molar-refractivity contribution in [1.82, 2.24) is 9.97 Å². The third-order valence-corrected chi connectivity index (χ3v) is 4.86. The second-order valence-corrected chi connectivity index (χ2v) is 6.98. The second-order valence-electron chi connectivity index (χ2n) is 6.06. The number of esters is 1. The van der Waals surface area contributed by atoms with Crippen molar-refractivity contribution in [2.75, 3.05) is 6.61 Å². The molecule has 2 N–H and O–H groups in total. The van der Waals surface area contributed by atoms with Crippen LogP contribution in [0.15, 0.2) is 53.1 Å². The summed E-state index contributed by atoms with van der Waals surface area (Å²) in [5, 5.41) is 1.59. The molecule has 0 spiro atoms. The lowest BCUT2D eigenvalue weighted by Crippen LogP contribution is -2.14. The Morgan fingerprint density at radius 2 is 1.88 bits per heavy atom. The number of carbonyl (C=O) groups excluding carboxylic acids is 2. The highest BCUT2D eigenvalue weighted by Crippen LogP contribution is 2.24. The minimum atomic E-state index is -0.528. The fourth-order valence-electron chi connectivity index (χ4n) is 3.18. The average Bonchev–Trinajstić information content (AvgIpc) is 3.19. The maximum Gasteiger partial charge on any atom is 0.340 e. The van der Waals surface area contributed by atoms with Crippen LogP contribution in [0.3, 0.4) is 0 Å². The van der Waals surface area contributed by atoms with Gasteiger partial charge in [-0.1, -0.05) is 34.1 Å². The number of Topliss-reactive ketones (excluding diaryl/α,β-unsaturated/α-hetero) is 1. The highest BCUT2D eigenvalue weighted by molar-refractivity contribution is 9.10. The molecule has 0 saturated heterocycles. The topological polar surface area (TPSA) is 75.0 Å². The van der Waals surface area contributed by atoms with E-state index < -0.39 is 5.97 Å². The number of aromatic nitrogens is 2. The number of ketones is 1. The standard InChI is InChI=1S/C20H15BrN2O3/c1-11-19(13-4-2-3-5-17(13)23-11)18(24)10-26-20(25)15-9-22-16-7-6-12(21)8-14(15)16/h2-9,22-23H,10H2,1H3. The van der Waals surface area contributed by atoms with Gasteiger partial charge in [0.25, 0.3) is 0 Å². The van der Waals surface area contributed by atoms with Crippen LogP contribution >= 0.6 is 15.9 Å². The van der Waals surface area contributed by atoms with Gasteiger partial charge in [-0.3, -0.25) is 4.79 Å². The van der Waals surface area contributed by atoms with Crippen molar-refractivity contribution in [3.63, 3.8) is 0 Å². The maximum atomic E-state index is 12.6. The van der Waals surface area contributed by atoms with Crippen molar-refractivity contribution in [2.45, 2.75) is 6.92 Å². The molecular formula is C20H15BrN2O3. The Balaban J connectivity index is 1.56. The summed E-state index contributed by atoms with van der Waals surface area (Å²) < 4.78 is 6.15. The van der Waals surface area contributed by atoms with Gasteiger partial charge in [-0.2, -0.15) is 0 Å². The van der Waals surface area contributed by atoms with Gasteiger partial charge in [0.05, 0.1) is 5.56 Å². The molecule has 0 aliphatic rings. The van der Waals surface area contributed by atoms with Crippen molar-refractivity contribution >= 4 is 49.5 Å². The number of hydrogen-bond donors (Lipinski definition) is 2. The number of hydrogen-bond acceptors (Lipinski definition) is 3. The van der Waals surface area contributed by atoms with E-state index >= 15 is 0 Å². The lowest BCUT2D eigenvalue weighted by Gasteiger charge is -2.04. The molecule has 130 valence electrons. The number of benzene rings is 2. The zero-order valence-electron chi connectivity index (χ0n) is 13.9. The highest BCUT2D eigenvalue weighted by Gasteiger charge is 2.19. The number of ether oxygens (including phenoxy) is 1. The molecule has 0 aliphatic heterocycles. The van der Waals surface area contributed by atoms with Crippen LogP contribution in [0.25, 0.3) is 21.8 Å². The first kappa shape index (κ1) is 16.6. The lowest BCUT2D eigenvalue weighted by atomic mass is 10.1. The van der Waals surface area contributed by atoms with Gasteiger partial charge in [0.15, 0.2) is 6.61 Å². The fraction of sp³-hybridized carbons (Fsp3) is 0.100. The van der Waals surface area contributed by atoms with E-state index in [0.717, 1.165) is 32.0 Å². The summed E-state index contributed by atoms with van der Waals surface area (Å²) in [6, 6.07) is 13.2. The first-order chi connectivity index (χ1) is 12.5. The number of aryl methyl sites for hydroxylation is 1. The molecule has 2 heterocycles. The summed E-state index contributed by atoms with van der Waals surface area (Å²) in [6.45, 7) is 1.54. The molecule has 0 saturated carbocycles. The van der Waals surface area contributed by atoms with Crippen LogP contribution in [-0.2, 0) is 4.74 Å². The van der Waals surface area contributed by atoms with Gasteiger partial charge in [-0.25, -0.2) is 4.79 Å². The lowest BCUT2D eigenvalue weighted by molar-refractivity contribution is 0.0477. The van der Waals surface area contributed by atoms with Gasteiger partial charge in [-0.05, 0) is 31.2 Å². The number of halogens is 1. The predicted octanol–water partition coefficient (Wildman–Crippen LogP) is 4.76. The highest BCUT2D eigenvalue weighted by atomic mass is 79.9. The number of fused-ring (bicyclic) bond motifs is 2. The van der Waals surface area contributed by atoms with E-state index in [9.17, 15) is 9.59 Å². The first-order valence-corrected chi connectivity index (χ1v) is 8.88. The van der Waals surface area contributed by atoms with Crippen LogP contribution in [0.1, 0.15) is 26.4 Å². The van der Waals surface area contributed by atoms with Crippen LogP contribution in [-0.4, -0.2) is 28.3 Å².